The molecule has 0 aromatic rings. The first-order valence-corrected chi connectivity index (χ1v) is 6.41. The topological polar surface area (TPSA) is 12.0 Å². The summed E-state index contributed by atoms with van der Waals surface area (Å²) in [4.78, 5) is 0. The predicted octanol–water partition coefficient (Wildman–Crippen LogP) is 3.59. The average Bonchev–Trinajstić information content (AvgIpc) is 2.20. The van der Waals surface area contributed by atoms with Crippen LogP contribution in [0.3, 0.4) is 0 Å². The van der Waals surface area contributed by atoms with Gasteiger partial charge in [-0.15, -0.1) is 0 Å². The van der Waals surface area contributed by atoms with Crippen LogP contribution in [0.5, 0.6) is 0 Å². The quantitative estimate of drug-likeness (QED) is 0.726. The highest BCUT2D eigenvalue weighted by atomic mass is 15.0. The number of nitrogens with one attached hydrogen (secondary N) is 1. The molecule has 4 unspecified atom stereocenters. The highest BCUT2D eigenvalue weighted by Gasteiger charge is 2.23. The van der Waals surface area contributed by atoms with Gasteiger partial charge in [-0.1, -0.05) is 40.0 Å². The molecule has 0 aliphatic heterocycles. The Hall–Kier alpha value is -0.0400. The summed E-state index contributed by atoms with van der Waals surface area (Å²) in [6.07, 6.45) is 6.97. The minimum atomic E-state index is 0.686. The molecule has 1 aliphatic carbocycles. The SMILES string of the molecule is CCC(C)C(C)NC1CCCCC1C. The second kappa shape index (κ2) is 5.75. The fourth-order valence-corrected chi connectivity index (χ4v) is 2.42. The molecule has 0 bridgehead atoms. The van der Waals surface area contributed by atoms with E-state index in [2.05, 4.69) is 33.0 Å². The molecule has 0 amide bonds. The molecular formula is C13H27N. The van der Waals surface area contributed by atoms with Crippen LogP contribution in [0.2, 0.25) is 0 Å². The molecular weight excluding hydrogens is 170 g/mol. The first-order valence-electron chi connectivity index (χ1n) is 6.41. The Labute approximate surface area is 89.7 Å². The summed E-state index contributed by atoms with van der Waals surface area (Å²) in [5, 5.41) is 3.82. The van der Waals surface area contributed by atoms with Gasteiger partial charge in [0.25, 0.3) is 0 Å². The highest BCUT2D eigenvalue weighted by Crippen LogP contribution is 2.24. The summed E-state index contributed by atoms with van der Waals surface area (Å²) in [6.45, 7) is 9.38. The van der Waals surface area contributed by atoms with Gasteiger partial charge in [0.1, 0.15) is 0 Å². The van der Waals surface area contributed by atoms with Crippen LogP contribution in [0.25, 0.3) is 0 Å². The van der Waals surface area contributed by atoms with Crippen molar-refractivity contribution in [1.29, 1.82) is 0 Å². The van der Waals surface area contributed by atoms with Crippen LogP contribution in [0.15, 0.2) is 0 Å². The summed E-state index contributed by atoms with van der Waals surface area (Å²) in [5.41, 5.74) is 0. The van der Waals surface area contributed by atoms with Crippen molar-refractivity contribution < 1.29 is 0 Å². The molecule has 1 saturated carbocycles. The Balaban J connectivity index is 2.34. The lowest BCUT2D eigenvalue weighted by molar-refractivity contribution is 0.237. The van der Waals surface area contributed by atoms with E-state index in [0.717, 1.165) is 17.9 Å². The number of hydrogen-bond acceptors (Lipinski definition) is 1. The summed E-state index contributed by atoms with van der Waals surface area (Å²) in [6, 6.07) is 1.47. The molecule has 1 rings (SSSR count). The van der Waals surface area contributed by atoms with Crippen molar-refractivity contribution in [3.63, 3.8) is 0 Å². The van der Waals surface area contributed by atoms with E-state index in [1.807, 2.05) is 0 Å². The van der Waals surface area contributed by atoms with Crippen LogP contribution in [0.1, 0.15) is 59.8 Å². The van der Waals surface area contributed by atoms with E-state index < -0.39 is 0 Å². The van der Waals surface area contributed by atoms with Gasteiger partial charge in [0.05, 0.1) is 0 Å². The van der Waals surface area contributed by atoms with Crippen molar-refractivity contribution in [2.24, 2.45) is 11.8 Å². The molecule has 0 heterocycles. The lowest BCUT2D eigenvalue weighted by Crippen LogP contribution is -2.44. The zero-order valence-electron chi connectivity index (χ0n) is 10.3. The van der Waals surface area contributed by atoms with E-state index in [-0.39, 0.29) is 0 Å². The fraction of sp³-hybridized carbons (Fsp3) is 1.00. The maximum absolute atomic E-state index is 3.82. The molecule has 1 nitrogen and oxygen atoms in total. The Morgan fingerprint density at radius 3 is 2.43 bits per heavy atom. The molecule has 14 heavy (non-hydrogen) atoms. The third-order valence-corrected chi connectivity index (χ3v) is 4.09. The molecule has 1 fully saturated rings. The molecule has 0 radical (unpaired) electrons. The van der Waals surface area contributed by atoms with Crippen molar-refractivity contribution in [2.75, 3.05) is 0 Å². The van der Waals surface area contributed by atoms with E-state index in [9.17, 15) is 0 Å². The van der Waals surface area contributed by atoms with E-state index in [1.165, 1.54) is 32.1 Å². The van der Waals surface area contributed by atoms with E-state index in [4.69, 9.17) is 0 Å². The first-order chi connectivity index (χ1) is 6.65. The van der Waals surface area contributed by atoms with Gasteiger partial charge in [0.2, 0.25) is 0 Å². The van der Waals surface area contributed by atoms with Gasteiger partial charge in [-0.3, -0.25) is 0 Å². The van der Waals surface area contributed by atoms with Gasteiger partial charge in [-0.2, -0.15) is 0 Å². The average molecular weight is 197 g/mol. The fourth-order valence-electron chi connectivity index (χ4n) is 2.42. The van der Waals surface area contributed by atoms with Crippen molar-refractivity contribution in [2.45, 2.75) is 71.9 Å². The molecule has 0 spiro atoms. The Morgan fingerprint density at radius 1 is 1.21 bits per heavy atom. The molecule has 4 atom stereocenters. The smallest absolute Gasteiger partial charge is 0.00952 e. The molecule has 1 N–H and O–H groups in total. The largest absolute Gasteiger partial charge is 0.311 e. The minimum Gasteiger partial charge on any atom is -0.311 e. The van der Waals surface area contributed by atoms with Crippen molar-refractivity contribution >= 4 is 0 Å². The summed E-state index contributed by atoms with van der Waals surface area (Å²) >= 11 is 0. The second-order valence-electron chi connectivity index (χ2n) is 5.21. The first kappa shape index (κ1) is 12.0. The van der Waals surface area contributed by atoms with Crippen LogP contribution in [-0.4, -0.2) is 12.1 Å². The lowest BCUT2D eigenvalue weighted by Gasteiger charge is -2.34. The van der Waals surface area contributed by atoms with Gasteiger partial charge in [-0.25, -0.2) is 0 Å². The zero-order chi connectivity index (χ0) is 10.6. The summed E-state index contributed by atoms with van der Waals surface area (Å²) in [7, 11) is 0. The van der Waals surface area contributed by atoms with Crippen LogP contribution < -0.4 is 5.32 Å². The molecule has 0 aromatic heterocycles. The van der Waals surface area contributed by atoms with Crippen molar-refractivity contribution in [3.8, 4) is 0 Å². The summed E-state index contributed by atoms with van der Waals surface area (Å²) in [5.74, 6) is 1.69. The third-order valence-electron chi connectivity index (χ3n) is 4.09. The maximum atomic E-state index is 3.82. The van der Waals surface area contributed by atoms with Gasteiger partial charge < -0.3 is 5.32 Å². The van der Waals surface area contributed by atoms with Gasteiger partial charge in [-0.05, 0) is 31.6 Å². The number of hydrogen-bond donors (Lipinski definition) is 1. The second-order valence-corrected chi connectivity index (χ2v) is 5.21. The monoisotopic (exact) mass is 197 g/mol. The molecule has 0 saturated heterocycles. The Kier molecular flexibility index (Phi) is 4.94. The van der Waals surface area contributed by atoms with Gasteiger partial charge >= 0.3 is 0 Å². The number of rotatable bonds is 4. The zero-order valence-corrected chi connectivity index (χ0v) is 10.3. The van der Waals surface area contributed by atoms with E-state index in [1.54, 1.807) is 0 Å². The van der Waals surface area contributed by atoms with Gasteiger partial charge in [0.15, 0.2) is 0 Å². The van der Waals surface area contributed by atoms with Crippen molar-refractivity contribution in [1.82, 2.24) is 5.32 Å². The Bertz CT molecular complexity index is 155. The molecule has 1 heteroatoms. The Morgan fingerprint density at radius 2 is 1.86 bits per heavy atom. The van der Waals surface area contributed by atoms with Crippen LogP contribution in [0, 0.1) is 11.8 Å². The maximum Gasteiger partial charge on any atom is 0.00952 e. The predicted molar refractivity (Wildman–Crippen MR) is 63.5 cm³/mol. The minimum absolute atomic E-state index is 0.686. The summed E-state index contributed by atoms with van der Waals surface area (Å²) < 4.78 is 0. The van der Waals surface area contributed by atoms with Crippen LogP contribution >= 0.6 is 0 Å². The third kappa shape index (κ3) is 3.27. The van der Waals surface area contributed by atoms with E-state index >= 15 is 0 Å². The normalized spacial score (nSPS) is 32.6. The molecule has 1 aliphatic rings. The molecule has 0 aromatic carbocycles. The van der Waals surface area contributed by atoms with Crippen molar-refractivity contribution in [3.05, 3.63) is 0 Å². The van der Waals surface area contributed by atoms with E-state index in [0.29, 0.717) is 6.04 Å². The highest BCUT2D eigenvalue weighted by molar-refractivity contribution is 4.81. The van der Waals surface area contributed by atoms with Crippen LogP contribution in [0.4, 0.5) is 0 Å². The standard InChI is InChI=1S/C13H27N/c1-5-10(2)12(4)14-13-9-7-6-8-11(13)3/h10-14H,5-9H2,1-4H3. The lowest BCUT2D eigenvalue weighted by atomic mass is 9.85. The molecule has 84 valence electrons. The van der Waals surface area contributed by atoms with Crippen LogP contribution in [-0.2, 0) is 0 Å². The van der Waals surface area contributed by atoms with Gasteiger partial charge in [0, 0.05) is 12.1 Å².